The van der Waals surface area contributed by atoms with Gasteiger partial charge in [-0.25, -0.2) is 0 Å². The van der Waals surface area contributed by atoms with Crippen LogP contribution in [0.4, 0.5) is 0 Å². The molecular formula is C16H13BrO2S. The van der Waals surface area contributed by atoms with Gasteiger partial charge in [-0.3, -0.25) is 0 Å². The molecule has 4 heteroatoms. The molecule has 20 heavy (non-hydrogen) atoms. The summed E-state index contributed by atoms with van der Waals surface area (Å²) in [6.07, 6.45) is -0.703. The summed E-state index contributed by atoms with van der Waals surface area (Å²) < 4.78 is 6.36. The van der Waals surface area contributed by atoms with Crippen molar-refractivity contribution in [3.05, 3.63) is 62.8 Å². The van der Waals surface area contributed by atoms with Crippen molar-refractivity contribution in [1.82, 2.24) is 0 Å². The van der Waals surface area contributed by atoms with Gasteiger partial charge in [-0.05, 0) is 44.2 Å². The van der Waals surface area contributed by atoms with E-state index >= 15 is 0 Å². The lowest BCUT2D eigenvalue weighted by molar-refractivity contribution is 0.219. The number of aliphatic hydroxyl groups is 1. The molecule has 1 atom stereocenters. The first-order valence-corrected chi connectivity index (χ1v) is 7.86. The Morgan fingerprint density at radius 3 is 2.65 bits per heavy atom. The lowest BCUT2D eigenvalue weighted by atomic mass is 9.98. The number of halogens is 1. The van der Waals surface area contributed by atoms with Crippen LogP contribution in [0.2, 0.25) is 0 Å². The standard InChI is InChI=1S/C16H13BrO2S/c1-19-13-7-6-10-4-2-3-5-11(10)14(13)15(18)16-12(17)8-9-20-16/h2-9,15,18H,1H3. The molecule has 3 aromatic rings. The predicted molar refractivity (Wildman–Crippen MR) is 86.6 cm³/mol. The average molecular weight is 349 g/mol. The largest absolute Gasteiger partial charge is 0.496 e. The highest BCUT2D eigenvalue weighted by Gasteiger charge is 2.21. The van der Waals surface area contributed by atoms with Gasteiger partial charge in [0.05, 0.1) is 12.0 Å². The van der Waals surface area contributed by atoms with Gasteiger partial charge in [-0.15, -0.1) is 11.3 Å². The van der Waals surface area contributed by atoms with Crippen LogP contribution in [0.1, 0.15) is 16.5 Å². The molecule has 0 aliphatic rings. The van der Waals surface area contributed by atoms with Crippen LogP contribution in [0.3, 0.4) is 0 Å². The molecule has 0 radical (unpaired) electrons. The molecule has 1 heterocycles. The molecule has 1 aromatic heterocycles. The molecule has 102 valence electrons. The number of ether oxygens (including phenoxy) is 1. The summed E-state index contributed by atoms with van der Waals surface area (Å²) in [5.41, 5.74) is 0.814. The molecule has 0 saturated carbocycles. The topological polar surface area (TPSA) is 29.5 Å². The number of methoxy groups -OCH3 is 1. The molecule has 0 aliphatic heterocycles. The molecule has 2 aromatic carbocycles. The smallest absolute Gasteiger partial charge is 0.125 e. The average Bonchev–Trinajstić information content (AvgIpc) is 2.91. The summed E-state index contributed by atoms with van der Waals surface area (Å²) in [6.45, 7) is 0. The van der Waals surface area contributed by atoms with E-state index in [-0.39, 0.29) is 0 Å². The number of hydrogen-bond acceptors (Lipinski definition) is 3. The second kappa shape index (κ2) is 5.56. The molecule has 2 nitrogen and oxygen atoms in total. The first-order chi connectivity index (χ1) is 9.72. The van der Waals surface area contributed by atoms with Crippen molar-refractivity contribution in [2.75, 3.05) is 7.11 Å². The highest BCUT2D eigenvalue weighted by atomic mass is 79.9. The SMILES string of the molecule is COc1ccc2ccccc2c1C(O)c1sccc1Br. The van der Waals surface area contributed by atoms with Crippen LogP contribution in [0, 0.1) is 0 Å². The van der Waals surface area contributed by atoms with Crippen molar-refractivity contribution >= 4 is 38.0 Å². The van der Waals surface area contributed by atoms with E-state index in [0.717, 1.165) is 25.7 Å². The van der Waals surface area contributed by atoms with E-state index in [2.05, 4.69) is 15.9 Å². The molecule has 0 fully saturated rings. The quantitative estimate of drug-likeness (QED) is 0.739. The highest BCUT2D eigenvalue weighted by molar-refractivity contribution is 9.10. The van der Waals surface area contributed by atoms with Gasteiger partial charge in [0.25, 0.3) is 0 Å². The minimum atomic E-state index is -0.703. The molecule has 3 rings (SSSR count). The predicted octanol–water partition coefficient (Wildman–Crippen LogP) is 4.75. The third kappa shape index (κ3) is 2.24. The van der Waals surface area contributed by atoms with Crippen LogP contribution < -0.4 is 4.74 Å². The number of aliphatic hydroxyl groups excluding tert-OH is 1. The van der Waals surface area contributed by atoms with Crippen molar-refractivity contribution in [1.29, 1.82) is 0 Å². The maximum Gasteiger partial charge on any atom is 0.125 e. The molecule has 0 bridgehead atoms. The Kier molecular flexibility index (Phi) is 3.78. The Balaban J connectivity index is 2.26. The number of benzene rings is 2. The number of rotatable bonds is 3. The minimum absolute atomic E-state index is 0.703. The van der Waals surface area contributed by atoms with E-state index in [9.17, 15) is 5.11 Å². The van der Waals surface area contributed by atoms with Crippen LogP contribution in [0.25, 0.3) is 10.8 Å². The zero-order valence-corrected chi connectivity index (χ0v) is 13.2. The van der Waals surface area contributed by atoms with Gasteiger partial charge >= 0.3 is 0 Å². The molecule has 0 saturated heterocycles. The third-order valence-corrected chi connectivity index (χ3v) is 5.24. The van der Waals surface area contributed by atoms with Gasteiger partial charge < -0.3 is 9.84 Å². The maximum atomic E-state index is 10.8. The second-order valence-electron chi connectivity index (χ2n) is 4.44. The first-order valence-electron chi connectivity index (χ1n) is 6.19. The van der Waals surface area contributed by atoms with Crippen LogP contribution >= 0.6 is 27.3 Å². The molecule has 0 aliphatic carbocycles. The van der Waals surface area contributed by atoms with E-state index in [1.165, 1.54) is 11.3 Å². The zero-order chi connectivity index (χ0) is 14.1. The second-order valence-corrected chi connectivity index (χ2v) is 6.24. The molecular weight excluding hydrogens is 336 g/mol. The molecule has 1 N–H and O–H groups in total. The van der Waals surface area contributed by atoms with E-state index < -0.39 is 6.10 Å². The van der Waals surface area contributed by atoms with Crippen molar-refractivity contribution in [3.63, 3.8) is 0 Å². The lowest BCUT2D eigenvalue weighted by Gasteiger charge is -2.17. The summed E-state index contributed by atoms with van der Waals surface area (Å²) in [7, 11) is 1.63. The molecule has 1 unspecified atom stereocenters. The minimum Gasteiger partial charge on any atom is -0.496 e. The summed E-state index contributed by atoms with van der Waals surface area (Å²) >= 11 is 5.01. The van der Waals surface area contributed by atoms with Crippen molar-refractivity contribution in [2.45, 2.75) is 6.10 Å². The van der Waals surface area contributed by atoms with Gasteiger partial charge in [-0.2, -0.15) is 0 Å². The van der Waals surface area contributed by atoms with E-state index in [4.69, 9.17) is 4.74 Å². The Bertz CT molecular complexity index is 751. The Morgan fingerprint density at radius 1 is 1.15 bits per heavy atom. The van der Waals surface area contributed by atoms with Gasteiger partial charge in [0, 0.05) is 10.0 Å². The van der Waals surface area contributed by atoms with Crippen LogP contribution in [0.5, 0.6) is 5.75 Å². The maximum absolute atomic E-state index is 10.8. The van der Waals surface area contributed by atoms with Gasteiger partial charge in [0.15, 0.2) is 0 Å². The fraction of sp³-hybridized carbons (Fsp3) is 0.125. The highest BCUT2D eigenvalue weighted by Crippen LogP contribution is 2.40. The Morgan fingerprint density at radius 2 is 1.95 bits per heavy atom. The molecule has 0 spiro atoms. The summed E-state index contributed by atoms with van der Waals surface area (Å²) in [5.74, 6) is 0.705. The number of fused-ring (bicyclic) bond motifs is 1. The molecule has 0 amide bonds. The number of hydrogen-bond donors (Lipinski definition) is 1. The normalized spacial score (nSPS) is 12.6. The van der Waals surface area contributed by atoms with Crippen LogP contribution in [0.15, 0.2) is 52.3 Å². The lowest BCUT2D eigenvalue weighted by Crippen LogP contribution is -2.02. The van der Waals surface area contributed by atoms with Crippen LogP contribution in [-0.2, 0) is 0 Å². The fourth-order valence-electron chi connectivity index (χ4n) is 2.37. The van der Waals surface area contributed by atoms with Gasteiger partial charge in [0.2, 0.25) is 0 Å². The van der Waals surface area contributed by atoms with E-state index in [1.807, 2.05) is 47.8 Å². The third-order valence-electron chi connectivity index (χ3n) is 3.32. The van der Waals surface area contributed by atoms with E-state index in [0.29, 0.717) is 5.75 Å². The fourth-order valence-corrected chi connectivity index (χ4v) is 3.95. The van der Waals surface area contributed by atoms with Gasteiger partial charge in [-0.1, -0.05) is 30.3 Å². The Hall–Kier alpha value is -1.36. The first kappa shape index (κ1) is 13.6. The number of thiophene rings is 1. The Labute approximate surface area is 129 Å². The van der Waals surface area contributed by atoms with E-state index in [1.54, 1.807) is 7.11 Å². The van der Waals surface area contributed by atoms with Crippen LogP contribution in [-0.4, -0.2) is 12.2 Å². The van der Waals surface area contributed by atoms with Crippen molar-refractivity contribution in [3.8, 4) is 5.75 Å². The van der Waals surface area contributed by atoms with Crippen molar-refractivity contribution < 1.29 is 9.84 Å². The van der Waals surface area contributed by atoms with Gasteiger partial charge in [0.1, 0.15) is 11.9 Å². The monoisotopic (exact) mass is 348 g/mol. The summed E-state index contributed by atoms with van der Waals surface area (Å²) in [5, 5.41) is 14.8. The summed E-state index contributed by atoms with van der Waals surface area (Å²) in [4.78, 5) is 0.889. The van der Waals surface area contributed by atoms with Crippen molar-refractivity contribution in [2.24, 2.45) is 0 Å². The summed E-state index contributed by atoms with van der Waals surface area (Å²) in [6, 6.07) is 13.9. The zero-order valence-electron chi connectivity index (χ0n) is 10.8.